The fourth-order valence-electron chi connectivity index (χ4n) is 4.62. The molecule has 24 heavy (non-hydrogen) atoms. The second kappa shape index (κ2) is 6.63. The van der Waals surface area contributed by atoms with Gasteiger partial charge in [0, 0.05) is 29.0 Å². The van der Waals surface area contributed by atoms with E-state index in [1.807, 2.05) is 11.3 Å². The lowest BCUT2D eigenvalue weighted by Gasteiger charge is -2.55. The zero-order valence-electron chi connectivity index (χ0n) is 14.4. The minimum atomic E-state index is 0.112. The molecule has 2 saturated carbocycles. The van der Waals surface area contributed by atoms with Gasteiger partial charge in [0.1, 0.15) is 0 Å². The van der Waals surface area contributed by atoms with Crippen molar-refractivity contribution in [2.24, 2.45) is 5.41 Å². The Hall–Kier alpha value is -0.560. The third kappa shape index (κ3) is 2.81. The van der Waals surface area contributed by atoms with E-state index in [1.165, 1.54) is 34.8 Å². The molecule has 0 radical (unpaired) electrons. The highest BCUT2D eigenvalue weighted by Gasteiger charge is 2.56. The number of nitrogens with one attached hydrogen (secondary N) is 2. The van der Waals surface area contributed by atoms with Gasteiger partial charge < -0.3 is 15.4 Å². The molecule has 4 nitrogen and oxygen atoms in total. The fraction of sp³-hybridized carbons (Fsp3) is 0.722. The number of ether oxygens (including phenoxy) is 1. The van der Waals surface area contributed by atoms with E-state index in [4.69, 9.17) is 4.74 Å². The standard InChI is InChI=1S/C18H26N2O2S2/c1-3-22-15-9-14(18(15)6-4-5-7-18)19-11(2)13-8-12-17(24-13)23-10-16(21)20-12/h8,11,14-15,19H,3-7,9-10H2,1-2H3,(H,20,21). The number of amides is 1. The molecule has 0 bridgehead atoms. The van der Waals surface area contributed by atoms with E-state index in [-0.39, 0.29) is 5.91 Å². The lowest BCUT2D eigenvalue weighted by Crippen LogP contribution is -2.62. The maximum atomic E-state index is 11.5. The summed E-state index contributed by atoms with van der Waals surface area (Å²) in [7, 11) is 0. The Labute approximate surface area is 152 Å². The first kappa shape index (κ1) is 16.9. The predicted molar refractivity (Wildman–Crippen MR) is 99.9 cm³/mol. The van der Waals surface area contributed by atoms with Gasteiger partial charge in [0.15, 0.2) is 0 Å². The maximum absolute atomic E-state index is 11.5. The topological polar surface area (TPSA) is 50.4 Å². The van der Waals surface area contributed by atoms with Gasteiger partial charge in [-0.2, -0.15) is 0 Å². The van der Waals surface area contributed by atoms with Crippen LogP contribution in [-0.4, -0.2) is 30.4 Å². The average molecular weight is 367 g/mol. The van der Waals surface area contributed by atoms with Crippen LogP contribution in [0.5, 0.6) is 0 Å². The summed E-state index contributed by atoms with van der Waals surface area (Å²) < 4.78 is 7.27. The van der Waals surface area contributed by atoms with Crippen molar-refractivity contribution in [3.63, 3.8) is 0 Å². The van der Waals surface area contributed by atoms with Crippen LogP contribution in [0.1, 0.15) is 56.9 Å². The molecule has 3 atom stereocenters. The molecule has 0 saturated heterocycles. The van der Waals surface area contributed by atoms with Crippen LogP contribution < -0.4 is 10.6 Å². The molecule has 2 fully saturated rings. The van der Waals surface area contributed by atoms with Crippen molar-refractivity contribution in [3.05, 3.63) is 10.9 Å². The summed E-state index contributed by atoms with van der Waals surface area (Å²) in [4.78, 5) is 12.9. The van der Waals surface area contributed by atoms with Crippen molar-refractivity contribution in [2.75, 3.05) is 17.7 Å². The van der Waals surface area contributed by atoms with Crippen molar-refractivity contribution in [1.82, 2.24) is 5.32 Å². The van der Waals surface area contributed by atoms with Crippen LogP contribution in [0.4, 0.5) is 5.69 Å². The molecule has 4 rings (SSSR count). The number of carbonyl (C=O) groups excluding carboxylic acids is 1. The second-order valence-corrected chi connectivity index (χ2v) is 9.58. The summed E-state index contributed by atoms with van der Waals surface area (Å²) in [5.41, 5.74) is 1.37. The van der Waals surface area contributed by atoms with Crippen LogP contribution in [0.2, 0.25) is 0 Å². The molecule has 1 amide bonds. The van der Waals surface area contributed by atoms with E-state index in [0.717, 1.165) is 18.7 Å². The Balaban J connectivity index is 1.45. The third-order valence-corrected chi connectivity index (χ3v) is 8.50. The number of anilines is 1. The van der Waals surface area contributed by atoms with E-state index in [1.54, 1.807) is 11.8 Å². The van der Waals surface area contributed by atoms with Gasteiger partial charge in [0.2, 0.25) is 5.91 Å². The summed E-state index contributed by atoms with van der Waals surface area (Å²) in [5.74, 6) is 0.650. The molecule has 3 unspecified atom stereocenters. The molecule has 0 aromatic carbocycles. The van der Waals surface area contributed by atoms with Crippen molar-refractivity contribution in [2.45, 2.75) is 68.3 Å². The van der Waals surface area contributed by atoms with Crippen LogP contribution in [0, 0.1) is 5.41 Å². The van der Waals surface area contributed by atoms with E-state index in [2.05, 4.69) is 30.5 Å². The highest BCUT2D eigenvalue weighted by Crippen LogP contribution is 2.55. The van der Waals surface area contributed by atoms with E-state index >= 15 is 0 Å². The molecular weight excluding hydrogens is 340 g/mol. The van der Waals surface area contributed by atoms with Crippen LogP contribution in [0.25, 0.3) is 0 Å². The van der Waals surface area contributed by atoms with E-state index in [9.17, 15) is 4.79 Å². The number of hydrogen-bond donors (Lipinski definition) is 2. The predicted octanol–water partition coefficient (Wildman–Crippen LogP) is 4.18. The lowest BCUT2D eigenvalue weighted by atomic mass is 9.60. The Kier molecular flexibility index (Phi) is 4.67. The van der Waals surface area contributed by atoms with Gasteiger partial charge in [-0.05, 0) is 39.2 Å². The fourth-order valence-corrected chi connectivity index (χ4v) is 6.78. The van der Waals surface area contributed by atoms with Gasteiger partial charge in [-0.25, -0.2) is 0 Å². The van der Waals surface area contributed by atoms with E-state index < -0.39 is 0 Å². The molecule has 1 aromatic heterocycles. The molecule has 3 aliphatic rings. The quantitative estimate of drug-likeness (QED) is 0.821. The minimum Gasteiger partial charge on any atom is -0.378 e. The van der Waals surface area contributed by atoms with Crippen LogP contribution in [0.15, 0.2) is 10.3 Å². The van der Waals surface area contributed by atoms with Crippen LogP contribution in [0.3, 0.4) is 0 Å². The molecule has 132 valence electrons. The summed E-state index contributed by atoms with van der Waals surface area (Å²) in [5, 5.41) is 6.87. The minimum absolute atomic E-state index is 0.112. The first-order chi connectivity index (χ1) is 11.6. The summed E-state index contributed by atoms with van der Waals surface area (Å²) >= 11 is 3.48. The zero-order valence-corrected chi connectivity index (χ0v) is 16.0. The third-order valence-electron chi connectivity index (χ3n) is 5.89. The van der Waals surface area contributed by atoms with Gasteiger partial charge in [0.25, 0.3) is 0 Å². The van der Waals surface area contributed by atoms with E-state index in [0.29, 0.717) is 29.4 Å². The monoisotopic (exact) mass is 366 g/mol. The first-order valence-electron chi connectivity index (χ1n) is 9.06. The molecular formula is C18H26N2O2S2. The van der Waals surface area contributed by atoms with Gasteiger partial charge in [-0.1, -0.05) is 12.8 Å². The number of hydrogen-bond acceptors (Lipinski definition) is 5. The highest BCUT2D eigenvalue weighted by atomic mass is 32.2. The average Bonchev–Trinajstić information content (AvgIpc) is 3.21. The molecule has 2 aliphatic carbocycles. The Morgan fingerprint density at radius 3 is 3.00 bits per heavy atom. The summed E-state index contributed by atoms with van der Waals surface area (Å²) in [6.07, 6.45) is 6.86. The van der Waals surface area contributed by atoms with Gasteiger partial charge in [0.05, 0.1) is 21.8 Å². The van der Waals surface area contributed by atoms with Crippen molar-refractivity contribution < 1.29 is 9.53 Å². The van der Waals surface area contributed by atoms with Crippen LogP contribution >= 0.6 is 23.1 Å². The van der Waals surface area contributed by atoms with Crippen molar-refractivity contribution in [1.29, 1.82) is 0 Å². The Morgan fingerprint density at radius 1 is 1.46 bits per heavy atom. The van der Waals surface area contributed by atoms with Crippen molar-refractivity contribution >= 4 is 34.7 Å². The molecule has 6 heteroatoms. The smallest absolute Gasteiger partial charge is 0.234 e. The highest BCUT2D eigenvalue weighted by molar-refractivity contribution is 8.02. The molecule has 1 aromatic rings. The second-order valence-electron chi connectivity index (χ2n) is 7.25. The zero-order chi connectivity index (χ0) is 16.7. The summed E-state index contributed by atoms with van der Waals surface area (Å²) in [6.45, 7) is 5.18. The number of carbonyl (C=O) groups is 1. The SMILES string of the molecule is CCOC1CC(NC(C)c2cc3c(s2)SCC(=O)N3)C12CCCC2. The molecule has 1 spiro atoms. The Morgan fingerprint density at radius 2 is 2.25 bits per heavy atom. The van der Waals surface area contributed by atoms with Crippen LogP contribution in [-0.2, 0) is 9.53 Å². The van der Waals surface area contributed by atoms with Gasteiger partial charge in [-0.15, -0.1) is 23.1 Å². The number of thioether (sulfide) groups is 1. The maximum Gasteiger partial charge on any atom is 0.234 e. The Bertz CT molecular complexity index is 625. The van der Waals surface area contributed by atoms with Gasteiger partial charge >= 0.3 is 0 Å². The van der Waals surface area contributed by atoms with Crippen molar-refractivity contribution in [3.8, 4) is 0 Å². The normalized spacial score (nSPS) is 29.2. The largest absolute Gasteiger partial charge is 0.378 e. The summed E-state index contributed by atoms with van der Waals surface area (Å²) in [6, 6.07) is 3.04. The van der Waals surface area contributed by atoms with Gasteiger partial charge in [-0.3, -0.25) is 4.79 Å². The molecule has 2 N–H and O–H groups in total. The first-order valence-corrected chi connectivity index (χ1v) is 10.9. The molecule has 1 aliphatic heterocycles. The number of thiophene rings is 1. The number of rotatable bonds is 5. The molecule has 2 heterocycles. The lowest BCUT2D eigenvalue weighted by molar-refractivity contribution is -0.132. The number of fused-ring (bicyclic) bond motifs is 1.